The molecule has 0 saturated carbocycles. The number of hydrogen-bond donors (Lipinski definition) is 3. The van der Waals surface area contributed by atoms with Gasteiger partial charge < -0.3 is 19.7 Å². The van der Waals surface area contributed by atoms with Crippen LogP contribution in [0.2, 0.25) is 0 Å². The van der Waals surface area contributed by atoms with E-state index in [2.05, 4.69) is 0 Å². The van der Waals surface area contributed by atoms with Crippen molar-refractivity contribution in [1.82, 2.24) is 4.72 Å². The number of aliphatic hydroxyl groups is 1. The molecule has 0 aliphatic heterocycles. The lowest BCUT2D eigenvalue weighted by Gasteiger charge is -2.16. The van der Waals surface area contributed by atoms with E-state index >= 15 is 0 Å². The summed E-state index contributed by atoms with van der Waals surface area (Å²) in [6.45, 7) is 0.673. The molecule has 9 heteroatoms. The van der Waals surface area contributed by atoms with Gasteiger partial charge in [-0.3, -0.25) is 4.79 Å². The van der Waals surface area contributed by atoms with Crippen LogP contribution in [-0.4, -0.2) is 51.5 Å². The normalized spacial score (nSPS) is 12.8. The second kappa shape index (κ2) is 6.74. The van der Waals surface area contributed by atoms with Crippen molar-refractivity contribution in [2.45, 2.75) is 17.9 Å². The van der Waals surface area contributed by atoms with E-state index in [1.54, 1.807) is 0 Å². The molecule has 0 heterocycles. The third-order valence-corrected chi connectivity index (χ3v) is 4.36. The summed E-state index contributed by atoms with van der Waals surface area (Å²) in [4.78, 5) is 10.7. The van der Waals surface area contributed by atoms with E-state index in [1.165, 1.54) is 33.3 Å². The highest BCUT2D eigenvalue weighted by Gasteiger charge is 2.27. The summed E-state index contributed by atoms with van der Waals surface area (Å²) >= 11 is 0. The van der Waals surface area contributed by atoms with E-state index in [0.29, 0.717) is 11.3 Å². The lowest BCUT2D eigenvalue weighted by atomic mass is 10.2. The summed E-state index contributed by atoms with van der Waals surface area (Å²) in [6, 6.07) is 1.07. The third kappa shape index (κ3) is 3.84. The number of rotatable bonds is 7. The first kappa shape index (κ1) is 17.2. The molecule has 0 saturated heterocycles. The molecule has 0 aromatic heterocycles. The van der Waals surface area contributed by atoms with Gasteiger partial charge in [-0.05, 0) is 18.6 Å². The van der Waals surface area contributed by atoms with Crippen molar-refractivity contribution in [3.63, 3.8) is 0 Å². The van der Waals surface area contributed by atoms with Crippen LogP contribution in [0.5, 0.6) is 11.5 Å². The monoisotopic (exact) mass is 319 g/mol. The van der Waals surface area contributed by atoms with Gasteiger partial charge in [0.25, 0.3) is 0 Å². The molecule has 1 aromatic rings. The molecule has 0 bridgehead atoms. The van der Waals surface area contributed by atoms with E-state index in [0.717, 1.165) is 0 Å². The number of benzene rings is 1. The van der Waals surface area contributed by atoms with Crippen LogP contribution >= 0.6 is 0 Å². The molecule has 1 atom stereocenters. The largest absolute Gasteiger partial charge is 0.493 e. The lowest BCUT2D eigenvalue weighted by molar-refractivity contribution is -0.139. The summed E-state index contributed by atoms with van der Waals surface area (Å²) in [5.41, 5.74) is 0.349. The van der Waals surface area contributed by atoms with E-state index in [9.17, 15) is 13.2 Å². The van der Waals surface area contributed by atoms with E-state index in [1.807, 2.05) is 4.72 Å². The number of carboxylic acid groups (broad SMARTS) is 1. The fourth-order valence-corrected chi connectivity index (χ4v) is 3.09. The number of aliphatic carboxylic acids is 1. The van der Waals surface area contributed by atoms with Crippen LogP contribution in [0.25, 0.3) is 0 Å². The number of nitrogens with one attached hydrogen (secondary N) is 1. The standard InChI is InChI=1S/C12H17NO7S/c1-7-4-9(19-2)10(20-3)5-11(7)21(17,18)13-8(6-14)12(15)16/h4-5,8,13-14H,6H2,1-3H3,(H,15,16)/t8-/m0/s1. The molecule has 118 valence electrons. The van der Waals surface area contributed by atoms with Crippen molar-refractivity contribution in [1.29, 1.82) is 0 Å². The van der Waals surface area contributed by atoms with E-state index in [4.69, 9.17) is 19.7 Å². The van der Waals surface area contributed by atoms with Gasteiger partial charge in [0.2, 0.25) is 10.0 Å². The van der Waals surface area contributed by atoms with Crippen LogP contribution in [0, 0.1) is 6.92 Å². The van der Waals surface area contributed by atoms with E-state index < -0.39 is 28.6 Å². The van der Waals surface area contributed by atoms with Crippen molar-refractivity contribution in [2.24, 2.45) is 0 Å². The summed E-state index contributed by atoms with van der Waals surface area (Å²) in [7, 11) is -1.37. The molecule has 0 aliphatic rings. The number of hydrogen-bond acceptors (Lipinski definition) is 6. The van der Waals surface area contributed by atoms with Gasteiger partial charge in [0, 0.05) is 6.07 Å². The van der Waals surface area contributed by atoms with Gasteiger partial charge in [-0.15, -0.1) is 0 Å². The Hall–Kier alpha value is -1.84. The van der Waals surface area contributed by atoms with Crippen LogP contribution in [0.15, 0.2) is 17.0 Å². The quantitative estimate of drug-likeness (QED) is 0.632. The topological polar surface area (TPSA) is 122 Å². The minimum absolute atomic E-state index is 0.153. The van der Waals surface area contributed by atoms with Gasteiger partial charge in [-0.25, -0.2) is 8.42 Å². The number of carbonyl (C=O) groups is 1. The summed E-state index contributed by atoms with van der Waals surface area (Å²) in [5, 5.41) is 17.7. The summed E-state index contributed by atoms with van der Waals surface area (Å²) < 4.78 is 36.4. The number of ether oxygens (including phenoxy) is 2. The molecule has 3 N–H and O–H groups in total. The van der Waals surface area contributed by atoms with Gasteiger partial charge >= 0.3 is 5.97 Å². The molecular weight excluding hydrogens is 302 g/mol. The summed E-state index contributed by atoms with van der Waals surface area (Å²) in [6.07, 6.45) is 0. The van der Waals surface area contributed by atoms with Gasteiger partial charge in [0.1, 0.15) is 6.04 Å². The second-order valence-corrected chi connectivity index (χ2v) is 5.85. The lowest BCUT2D eigenvalue weighted by Crippen LogP contribution is -2.43. The van der Waals surface area contributed by atoms with Gasteiger partial charge in [0.05, 0.1) is 25.7 Å². The van der Waals surface area contributed by atoms with Gasteiger partial charge in [-0.2, -0.15) is 4.72 Å². The Bertz CT molecular complexity index is 627. The predicted molar refractivity (Wildman–Crippen MR) is 73.1 cm³/mol. The molecule has 8 nitrogen and oxygen atoms in total. The molecule has 0 unspecified atom stereocenters. The molecule has 0 spiro atoms. The maximum atomic E-state index is 12.2. The van der Waals surface area contributed by atoms with Crippen LogP contribution in [-0.2, 0) is 14.8 Å². The fourth-order valence-electron chi connectivity index (χ4n) is 1.67. The first-order valence-electron chi connectivity index (χ1n) is 5.85. The minimum Gasteiger partial charge on any atom is -0.493 e. The molecule has 1 aromatic carbocycles. The van der Waals surface area contributed by atoms with Crippen molar-refractivity contribution in [3.05, 3.63) is 17.7 Å². The number of sulfonamides is 1. The first-order valence-corrected chi connectivity index (χ1v) is 7.33. The number of methoxy groups -OCH3 is 2. The fraction of sp³-hybridized carbons (Fsp3) is 0.417. The smallest absolute Gasteiger partial charge is 0.324 e. The maximum absolute atomic E-state index is 12.2. The van der Waals surface area contributed by atoms with Crippen LogP contribution in [0.3, 0.4) is 0 Å². The Balaban J connectivity index is 3.28. The minimum atomic E-state index is -4.13. The average Bonchev–Trinajstić information content (AvgIpc) is 2.43. The molecule has 0 amide bonds. The first-order chi connectivity index (χ1) is 9.76. The second-order valence-electron chi connectivity index (χ2n) is 4.17. The van der Waals surface area contributed by atoms with Crippen molar-refractivity contribution in [3.8, 4) is 11.5 Å². The van der Waals surface area contributed by atoms with Crippen molar-refractivity contribution >= 4 is 16.0 Å². The summed E-state index contributed by atoms with van der Waals surface area (Å²) in [5.74, 6) is -0.926. The molecule has 0 radical (unpaired) electrons. The molecule has 0 aliphatic carbocycles. The van der Waals surface area contributed by atoms with Crippen LogP contribution in [0.4, 0.5) is 0 Å². The maximum Gasteiger partial charge on any atom is 0.324 e. The highest BCUT2D eigenvalue weighted by molar-refractivity contribution is 7.89. The highest BCUT2D eigenvalue weighted by atomic mass is 32.2. The van der Waals surface area contributed by atoms with Gasteiger partial charge in [0.15, 0.2) is 11.5 Å². The van der Waals surface area contributed by atoms with Gasteiger partial charge in [-0.1, -0.05) is 0 Å². The molecule has 0 fully saturated rings. The van der Waals surface area contributed by atoms with Crippen molar-refractivity contribution < 1.29 is 32.9 Å². The Labute approximate surface area is 122 Å². The zero-order valence-electron chi connectivity index (χ0n) is 11.8. The average molecular weight is 319 g/mol. The molecule has 21 heavy (non-hydrogen) atoms. The molecular formula is C12H17NO7S. The Morgan fingerprint density at radius 2 is 1.81 bits per heavy atom. The Morgan fingerprint density at radius 1 is 1.29 bits per heavy atom. The van der Waals surface area contributed by atoms with Crippen LogP contribution in [0.1, 0.15) is 5.56 Å². The third-order valence-electron chi connectivity index (χ3n) is 2.75. The van der Waals surface area contributed by atoms with Crippen molar-refractivity contribution in [2.75, 3.05) is 20.8 Å². The zero-order chi connectivity index (χ0) is 16.2. The Morgan fingerprint density at radius 3 is 2.24 bits per heavy atom. The number of carboxylic acids is 1. The molecule has 1 rings (SSSR count). The van der Waals surface area contributed by atoms with E-state index in [-0.39, 0.29) is 10.6 Å². The SMILES string of the molecule is COc1cc(C)c(S(=O)(=O)N[C@@H](CO)C(=O)O)cc1OC. The van der Waals surface area contributed by atoms with Crippen LogP contribution < -0.4 is 14.2 Å². The highest BCUT2D eigenvalue weighted by Crippen LogP contribution is 2.32. The Kier molecular flexibility index (Phi) is 5.53. The zero-order valence-corrected chi connectivity index (χ0v) is 12.6. The number of aryl methyl sites for hydroxylation is 1. The number of aliphatic hydroxyl groups excluding tert-OH is 1. The predicted octanol–water partition coefficient (Wildman–Crippen LogP) is -0.264.